The standard InChI is InChI=1S/C17H20N2O/c1-2-19(13-15-6-4-3-5-7-15)17(20)16-10-8-14(12-18)9-11-16/h3-11H,2,12-13,18H2,1H3. The van der Waals surface area contributed by atoms with Crippen molar-refractivity contribution in [2.75, 3.05) is 6.54 Å². The van der Waals surface area contributed by atoms with Gasteiger partial charge in [-0.05, 0) is 30.2 Å². The van der Waals surface area contributed by atoms with E-state index in [2.05, 4.69) is 0 Å². The van der Waals surface area contributed by atoms with E-state index in [1.165, 1.54) is 0 Å². The third kappa shape index (κ3) is 3.45. The van der Waals surface area contributed by atoms with Crippen LogP contribution < -0.4 is 5.73 Å². The third-order valence-electron chi connectivity index (χ3n) is 3.32. The van der Waals surface area contributed by atoms with Crippen molar-refractivity contribution in [3.8, 4) is 0 Å². The summed E-state index contributed by atoms with van der Waals surface area (Å²) < 4.78 is 0. The zero-order valence-electron chi connectivity index (χ0n) is 11.8. The maximum atomic E-state index is 12.5. The summed E-state index contributed by atoms with van der Waals surface area (Å²) in [4.78, 5) is 14.3. The molecule has 3 nitrogen and oxygen atoms in total. The minimum Gasteiger partial charge on any atom is -0.335 e. The van der Waals surface area contributed by atoms with Crippen LogP contribution in [0, 0.1) is 0 Å². The van der Waals surface area contributed by atoms with Crippen molar-refractivity contribution in [2.45, 2.75) is 20.0 Å². The van der Waals surface area contributed by atoms with Crippen molar-refractivity contribution in [1.82, 2.24) is 4.90 Å². The van der Waals surface area contributed by atoms with Crippen molar-refractivity contribution in [3.05, 3.63) is 71.3 Å². The first kappa shape index (κ1) is 14.3. The predicted molar refractivity (Wildman–Crippen MR) is 81.2 cm³/mol. The molecule has 0 saturated heterocycles. The number of nitrogens with zero attached hydrogens (tertiary/aromatic N) is 1. The molecule has 0 saturated carbocycles. The van der Waals surface area contributed by atoms with Crippen LogP contribution in [0.3, 0.4) is 0 Å². The number of hydrogen-bond donors (Lipinski definition) is 1. The van der Waals surface area contributed by atoms with Gasteiger partial charge in [0.1, 0.15) is 0 Å². The highest BCUT2D eigenvalue weighted by Gasteiger charge is 2.14. The van der Waals surface area contributed by atoms with Crippen LogP contribution in [-0.2, 0) is 13.1 Å². The molecule has 0 spiro atoms. The van der Waals surface area contributed by atoms with Gasteiger partial charge < -0.3 is 10.6 Å². The van der Waals surface area contributed by atoms with Crippen molar-refractivity contribution < 1.29 is 4.79 Å². The average Bonchev–Trinajstić information content (AvgIpc) is 2.53. The van der Waals surface area contributed by atoms with Crippen LogP contribution in [0.5, 0.6) is 0 Å². The Kier molecular flexibility index (Phi) is 4.91. The van der Waals surface area contributed by atoms with E-state index in [1.54, 1.807) is 0 Å². The molecule has 2 N–H and O–H groups in total. The first-order valence-electron chi connectivity index (χ1n) is 6.86. The number of rotatable bonds is 5. The fraction of sp³-hybridized carbons (Fsp3) is 0.235. The highest BCUT2D eigenvalue weighted by atomic mass is 16.2. The van der Waals surface area contributed by atoms with Crippen molar-refractivity contribution in [3.63, 3.8) is 0 Å². The second kappa shape index (κ2) is 6.87. The molecule has 0 fully saturated rings. The Balaban J connectivity index is 2.12. The molecule has 0 unspecified atom stereocenters. The number of benzene rings is 2. The average molecular weight is 268 g/mol. The molecule has 0 aliphatic rings. The van der Waals surface area contributed by atoms with Crippen LogP contribution in [0.25, 0.3) is 0 Å². The number of carbonyl (C=O) groups excluding carboxylic acids is 1. The molecule has 2 rings (SSSR count). The number of carbonyl (C=O) groups is 1. The van der Waals surface area contributed by atoms with E-state index in [4.69, 9.17) is 5.73 Å². The van der Waals surface area contributed by atoms with Gasteiger partial charge in [0.15, 0.2) is 0 Å². The summed E-state index contributed by atoms with van der Waals surface area (Å²) in [6.07, 6.45) is 0. The number of nitrogens with two attached hydrogens (primary N) is 1. The van der Waals surface area contributed by atoms with E-state index in [1.807, 2.05) is 66.4 Å². The Morgan fingerprint density at radius 1 is 1.00 bits per heavy atom. The fourth-order valence-electron chi connectivity index (χ4n) is 2.10. The van der Waals surface area contributed by atoms with Gasteiger partial charge in [-0.25, -0.2) is 0 Å². The molecule has 2 aromatic carbocycles. The molecular weight excluding hydrogens is 248 g/mol. The molecular formula is C17H20N2O. The molecule has 1 amide bonds. The van der Waals surface area contributed by atoms with Crippen LogP contribution >= 0.6 is 0 Å². The van der Waals surface area contributed by atoms with Gasteiger partial charge in [0, 0.05) is 25.2 Å². The highest BCUT2D eigenvalue weighted by Crippen LogP contribution is 2.11. The number of amides is 1. The summed E-state index contributed by atoms with van der Waals surface area (Å²) in [6, 6.07) is 17.5. The molecule has 0 atom stereocenters. The van der Waals surface area contributed by atoms with Gasteiger partial charge in [-0.15, -0.1) is 0 Å². The first-order valence-corrected chi connectivity index (χ1v) is 6.86. The zero-order chi connectivity index (χ0) is 14.4. The van der Waals surface area contributed by atoms with Crippen molar-refractivity contribution in [1.29, 1.82) is 0 Å². The molecule has 0 aliphatic heterocycles. The fourth-order valence-corrected chi connectivity index (χ4v) is 2.10. The SMILES string of the molecule is CCN(Cc1ccccc1)C(=O)c1ccc(CN)cc1. The molecule has 0 radical (unpaired) electrons. The van der Waals surface area contributed by atoms with Gasteiger partial charge in [0.25, 0.3) is 5.91 Å². The lowest BCUT2D eigenvalue weighted by molar-refractivity contribution is 0.0752. The quantitative estimate of drug-likeness (QED) is 0.906. The van der Waals surface area contributed by atoms with Gasteiger partial charge in [-0.1, -0.05) is 42.5 Å². The summed E-state index contributed by atoms with van der Waals surface area (Å²) >= 11 is 0. The third-order valence-corrected chi connectivity index (χ3v) is 3.32. The van der Waals surface area contributed by atoms with E-state index >= 15 is 0 Å². The molecule has 0 heterocycles. The van der Waals surface area contributed by atoms with Gasteiger partial charge in [0.05, 0.1) is 0 Å². The van der Waals surface area contributed by atoms with Crippen molar-refractivity contribution in [2.24, 2.45) is 5.73 Å². The van der Waals surface area contributed by atoms with Crippen LogP contribution in [0.1, 0.15) is 28.4 Å². The topological polar surface area (TPSA) is 46.3 Å². The summed E-state index contributed by atoms with van der Waals surface area (Å²) in [5.74, 6) is 0.0555. The minimum atomic E-state index is 0.0555. The lowest BCUT2D eigenvalue weighted by Crippen LogP contribution is -2.30. The normalized spacial score (nSPS) is 10.3. The van der Waals surface area contributed by atoms with E-state index in [9.17, 15) is 4.79 Å². The molecule has 2 aromatic rings. The van der Waals surface area contributed by atoms with Crippen LogP contribution in [0.15, 0.2) is 54.6 Å². The molecule has 0 bridgehead atoms. The second-order valence-corrected chi connectivity index (χ2v) is 4.71. The lowest BCUT2D eigenvalue weighted by Gasteiger charge is -2.21. The van der Waals surface area contributed by atoms with Gasteiger partial charge >= 0.3 is 0 Å². The molecule has 3 heteroatoms. The van der Waals surface area contributed by atoms with Crippen LogP contribution in [0.4, 0.5) is 0 Å². The summed E-state index contributed by atoms with van der Waals surface area (Å²) in [5, 5.41) is 0. The lowest BCUT2D eigenvalue weighted by atomic mass is 10.1. The Labute approximate surface area is 120 Å². The zero-order valence-corrected chi connectivity index (χ0v) is 11.8. The maximum Gasteiger partial charge on any atom is 0.254 e. The minimum absolute atomic E-state index is 0.0555. The Morgan fingerprint density at radius 2 is 1.65 bits per heavy atom. The molecule has 0 aromatic heterocycles. The monoisotopic (exact) mass is 268 g/mol. The Morgan fingerprint density at radius 3 is 2.20 bits per heavy atom. The molecule has 20 heavy (non-hydrogen) atoms. The summed E-state index contributed by atoms with van der Waals surface area (Å²) in [5.41, 5.74) is 8.45. The smallest absolute Gasteiger partial charge is 0.254 e. The molecule has 104 valence electrons. The maximum absolute atomic E-state index is 12.5. The first-order chi connectivity index (χ1) is 9.74. The largest absolute Gasteiger partial charge is 0.335 e. The van der Waals surface area contributed by atoms with E-state index < -0.39 is 0 Å². The highest BCUT2D eigenvalue weighted by molar-refractivity contribution is 5.94. The van der Waals surface area contributed by atoms with E-state index in [0.717, 1.165) is 11.1 Å². The second-order valence-electron chi connectivity index (χ2n) is 4.71. The van der Waals surface area contributed by atoms with E-state index in [-0.39, 0.29) is 5.91 Å². The van der Waals surface area contributed by atoms with E-state index in [0.29, 0.717) is 25.2 Å². The Hall–Kier alpha value is -2.13. The van der Waals surface area contributed by atoms with Crippen molar-refractivity contribution >= 4 is 5.91 Å². The van der Waals surface area contributed by atoms with Gasteiger partial charge in [-0.2, -0.15) is 0 Å². The molecule has 0 aliphatic carbocycles. The Bertz CT molecular complexity index is 549. The number of hydrogen-bond acceptors (Lipinski definition) is 2. The van der Waals surface area contributed by atoms with Crippen LogP contribution in [-0.4, -0.2) is 17.4 Å². The van der Waals surface area contributed by atoms with Gasteiger partial charge in [0.2, 0.25) is 0 Å². The predicted octanol–water partition coefficient (Wildman–Crippen LogP) is 2.81. The summed E-state index contributed by atoms with van der Waals surface area (Å²) in [7, 11) is 0. The van der Waals surface area contributed by atoms with Crippen LogP contribution in [0.2, 0.25) is 0 Å². The van der Waals surface area contributed by atoms with Gasteiger partial charge in [-0.3, -0.25) is 4.79 Å². The summed E-state index contributed by atoms with van der Waals surface area (Å²) in [6.45, 7) is 3.81.